The summed E-state index contributed by atoms with van der Waals surface area (Å²) < 4.78 is 74.6. The zero-order valence-electron chi connectivity index (χ0n) is 11.3. The summed E-state index contributed by atoms with van der Waals surface area (Å²) in [5, 5.41) is 0.322. The van der Waals surface area contributed by atoms with Crippen molar-refractivity contribution >= 4 is 29.2 Å². The molecule has 0 spiro atoms. The highest BCUT2D eigenvalue weighted by Gasteiger charge is 2.28. The maximum absolute atomic E-state index is 13.4. The Labute approximate surface area is 141 Å². The summed E-state index contributed by atoms with van der Waals surface area (Å²) in [6, 6.07) is 3.99. The van der Waals surface area contributed by atoms with Gasteiger partial charge < -0.3 is 9.47 Å². The van der Waals surface area contributed by atoms with Gasteiger partial charge >= 0.3 is 5.97 Å². The summed E-state index contributed by atoms with van der Waals surface area (Å²) in [5.74, 6) is -14.5. The highest BCUT2D eigenvalue weighted by molar-refractivity contribution is 6.35. The Morgan fingerprint density at radius 3 is 2.00 bits per heavy atom. The lowest BCUT2D eigenvalue weighted by atomic mass is 10.2. The monoisotopic (exact) mass is 386 g/mol. The molecule has 0 fully saturated rings. The van der Waals surface area contributed by atoms with Gasteiger partial charge in [0.05, 0.1) is 5.02 Å². The lowest BCUT2D eigenvalue weighted by molar-refractivity contribution is -0.137. The van der Waals surface area contributed by atoms with Gasteiger partial charge in [0.25, 0.3) is 0 Å². The topological polar surface area (TPSA) is 35.5 Å². The molecule has 0 N–H and O–H groups in total. The Morgan fingerprint density at radius 2 is 1.46 bits per heavy atom. The molecule has 0 aliphatic carbocycles. The second-order valence-electron chi connectivity index (χ2n) is 4.24. The van der Waals surface area contributed by atoms with E-state index in [1.807, 2.05) is 0 Å². The minimum atomic E-state index is -2.37. The predicted molar refractivity (Wildman–Crippen MR) is 73.8 cm³/mol. The molecule has 2 rings (SSSR count). The van der Waals surface area contributed by atoms with Gasteiger partial charge in [0, 0.05) is 5.02 Å². The number of carbonyl (C=O) groups is 1. The van der Waals surface area contributed by atoms with Crippen molar-refractivity contribution in [2.45, 2.75) is 0 Å². The van der Waals surface area contributed by atoms with Crippen LogP contribution in [0.2, 0.25) is 10.0 Å². The van der Waals surface area contributed by atoms with E-state index in [1.54, 1.807) is 0 Å². The van der Waals surface area contributed by atoms with Crippen LogP contribution in [-0.2, 0) is 4.79 Å². The van der Waals surface area contributed by atoms with E-state index in [-0.39, 0.29) is 15.8 Å². The zero-order chi connectivity index (χ0) is 18.0. The zero-order valence-corrected chi connectivity index (χ0v) is 12.8. The number of ether oxygens (including phenoxy) is 2. The molecule has 0 unspecified atom stereocenters. The van der Waals surface area contributed by atoms with Crippen LogP contribution < -0.4 is 9.47 Å². The first kappa shape index (κ1) is 18.3. The molecule has 0 aliphatic heterocycles. The van der Waals surface area contributed by atoms with E-state index in [9.17, 15) is 26.7 Å². The van der Waals surface area contributed by atoms with E-state index in [4.69, 9.17) is 27.9 Å². The van der Waals surface area contributed by atoms with Gasteiger partial charge in [-0.3, -0.25) is 0 Å². The van der Waals surface area contributed by atoms with Crippen LogP contribution in [0.4, 0.5) is 22.0 Å². The Hall–Kier alpha value is -2.06. The lowest BCUT2D eigenvalue weighted by Gasteiger charge is -2.10. The van der Waals surface area contributed by atoms with E-state index < -0.39 is 47.4 Å². The average molecular weight is 387 g/mol. The first-order valence-corrected chi connectivity index (χ1v) is 6.78. The largest absolute Gasteiger partial charge is 0.480 e. The number of halogens is 7. The number of esters is 1. The van der Waals surface area contributed by atoms with Crippen molar-refractivity contribution < 1.29 is 36.2 Å². The molecule has 0 radical (unpaired) electrons. The summed E-state index contributed by atoms with van der Waals surface area (Å²) >= 11 is 11.4. The van der Waals surface area contributed by atoms with Crippen LogP contribution in [0.1, 0.15) is 0 Å². The third kappa shape index (κ3) is 3.70. The highest BCUT2D eigenvalue weighted by atomic mass is 35.5. The van der Waals surface area contributed by atoms with Crippen LogP contribution >= 0.6 is 23.2 Å². The Bertz CT molecular complexity index is 784. The molecular weight excluding hydrogens is 382 g/mol. The number of hydrogen-bond acceptors (Lipinski definition) is 3. The maximum Gasteiger partial charge on any atom is 0.349 e. The normalized spacial score (nSPS) is 10.6. The molecule has 0 atom stereocenters. The van der Waals surface area contributed by atoms with Crippen LogP contribution in [0.15, 0.2) is 18.2 Å². The van der Waals surface area contributed by atoms with Gasteiger partial charge in [-0.1, -0.05) is 23.2 Å². The number of carbonyl (C=O) groups excluding carboxylic acids is 1. The summed E-state index contributed by atoms with van der Waals surface area (Å²) in [6.45, 7) is -0.902. The lowest BCUT2D eigenvalue weighted by Crippen LogP contribution is -2.20. The molecule has 0 saturated heterocycles. The fraction of sp³-hybridized carbons (Fsp3) is 0.0714. The third-order valence-electron chi connectivity index (χ3n) is 2.62. The molecule has 0 aliphatic rings. The summed E-state index contributed by atoms with van der Waals surface area (Å²) in [6.07, 6.45) is 0. The van der Waals surface area contributed by atoms with Crippen LogP contribution in [-0.4, -0.2) is 12.6 Å². The van der Waals surface area contributed by atoms with Crippen molar-refractivity contribution in [3.8, 4) is 11.5 Å². The van der Waals surface area contributed by atoms with Crippen molar-refractivity contribution in [2.24, 2.45) is 0 Å². The molecular formula is C14H5Cl2F5O3. The molecule has 10 heteroatoms. The average Bonchev–Trinajstić information content (AvgIpc) is 2.54. The Kier molecular flexibility index (Phi) is 5.51. The first-order chi connectivity index (χ1) is 11.2. The number of rotatable bonds is 4. The van der Waals surface area contributed by atoms with Crippen LogP contribution in [0.25, 0.3) is 0 Å². The third-order valence-corrected chi connectivity index (χ3v) is 3.16. The van der Waals surface area contributed by atoms with Crippen LogP contribution in [0, 0.1) is 29.1 Å². The van der Waals surface area contributed by atoms with E-state index >= 15 is 0 Å². The predicted octanol–water partition coefficient (Wildman–Crippen LogP) is 4.67. The Morgan fingerprint density at radius 1 is 0.917 bits per heavy atom. The fourth-order valence-electron chi connectivity index (χ4n) is 1.55. The second kappa shape index (κ2) is 7.23. The van der Waals surface area contributed by atoms with Gasteiger partial charge in [0.15, 0.2) is 6.61 Å². The van der Waals surface area contributed by atoms with E-state index in [0.717, 1.165) is 0 Å². The summed E-state index contributed by atoms with van der Waals surface area (Å²) in [4.78, 5) is 11.5. The van der Waals surface area contributed by atoms with Crippen molar-refractivity contribution in [3.05, 3.63) is 57.3 Å². The van der Waals surface area contributed by atoms with Gasteiger partial charge in [0.1, 0.15) is 5.75 Å². The van der Waals surface area contributed by atoms with E-state index in [0.29, 0.717) is 0 Å². The standard InChI is InChI=1S/C14H5Cl2F5O3/c15-5-1-2-7(6(16)3-5)23-4-8(22)24-14-12(20)10(18)9(17)11(19)13(14)21/h1-3H,4H2. The minimum absolute atomic E-state index is 0.00423. The summed E-state index contributed by atoms with van der Waals surface area (Å²) in [5.41, 5.74) is 0. The molecule has 0 heterocycles. The van der Waals surface area contributed by atoms with Gasteiger partial charge in [-0.25, -0.2) is 18.0 Å². The smallest absolute Gasteiger partial charge is 0.349 e. The van der Waals surface area contributed by atoms with Crippen molar-refractivity contribution in [2.75, 3.05) is 6.61 Å². The van der Waals surface area contributed by atoms with E-state index in [1.165, 1.54) is 18.2 Å². The minimum Gasteiger partial charge on any atom is -0.480 e. The second-order valence-corrected chi connectivity index (χ2v) is 5.08. The van der Waals surface area contributed by atoms with Crippen molar-refractivity contribution in [1.29, 1.82) is 0 Å². The van der Waals surface area contributed by atoms with Crippen molar-refractivity contribution in [3.63, 3.8) is 0 Å². The molecule has 0 saturated carbocycles. The molecule has 0 bridgehead atoms. The molecule has 0 aromatic heterocycles. The molecule has 128 valence electrons. The molecule has 2 aromatic carbocycles. The molecule has 0 amide bonds. The molecule has 3 nitrogen and oxygen atoms in total. The van der Waals surface area contributed by atoms with Crippen molar-refractivity contribution in [1.82, 2.24) is 0 Å². The van der Waals surface area contributed by atoms with Gasteiger partial charge in [-0.05, 0) is 18.2 Å². The number of benzene rings is 2. The fourth-order valence-corrected chi connectivity index (χ4v) is 2.01. The Balaban J connectivity index is 2.13. The highest BCUT2D eigenvalue weighted by Crippen LogP contribution is 2.30. The molecule has 24 heavy (non-hydrogen) atoms. The van der Waals surface area contributed by atoms with Crippen LogP contribution in [0.5, 0.6) is 11.5 Å². The maximum atomic E-state index is 13.4. The summed E-state index contributed by atoms with van der Waals surface area (Å²) in [7, 11) is 0. The van der Waals surface area contributed by atoms with Gasteiger partial charge in [0.2, 0.25) is 34.8 Å². The van der Waals surface area contributed by atoms with Gasteiger partial charge in [-0.15, -0.1) is 0 Å². The molecule has 2 aromatic rings. The quantitative estimate of drug-likeness (QED) is 0.252. The first-order valence-electron chi connectivity index (χ1n) is 6.02. The van der Waals surface area contributed by atoms with Crippen LogP contribution in [0.3, 0.4) is 0 Å². The number of hydrogen-bond donors (Lipinski definition) is 0. The van der Waals surface area contributed by atoms with Gasteiger partial charge in [-0.2, -0.15) is 8.78 Å². The van der Waals surface area contributed by atoms with E-state index in [2.05, 4.69) is 4.74 Å². The SMILES string of the molecule is O=C(COc1ccc(Cl)cc1Cl)Oc1c(F)c(F)c(F)c(F)c1F.